The van der Waals surface area contributed by atoms with E-state index in [0.717, 1.165) is 57.2 Å². The second-order valence-corrected chi connectivity index (χ2v) is 6.50. The van der Waals surface area contributed by atoms with Crippen LogP contribution in [0.1, 0.15) is 30.3 Å². The molecule has 0 bridgehead atoms. The molecule has 0 atom stereocenters. The number of anilines is 2. The Balaban J connectivity index is 1.63. The molecule has 1 aliphatic heterocycles. The first-order chi connectivity index (χ1) is 12.7. The summed E-state index contributed by atoms with van der Waals surface area (Å²) in [5, 5.41) is 0. The van der Waals surface area contributed by atoms with Crippen LogP contribution in [0.15, 0.2) is 36.8 Å². The summed E-state index contributed by atoms with van der Waals surface area (Å²) in [5.41, 5.74) is 0.459. The van der Waals surface area contributed by atoms with Crippen molar-refractivity contribution < 1.29 is 4.79 Å². The summed E-state index contributed by atoms with van der Waals surface area (Å²) < 4.78 is 0. The number of hydrogen-bond acceptors (Lipinski definition) is 6. The Kier molecular flexibility index (Phi) is 5.99. The van der Waals surface area contributed by atoms with E-state index in [-0.39, 0.29) is 5.91 Å². The molecule has 1 fully saturated rings. The first-order valence-corrected chi connectivity index (χ1v) is 9.17. The monoisotopic (exact) mass is 354 g/mol. The molecule has 1 saturated heterocycles. The fourth-order valence-electron chi connectivity index (χ4n) is 3.03. The van der Waals surface area contributed by atoms with E-state index in [9.17, 15) is 4.79 Å². The van der Waals surface area contributed by atoms with Crippen molar-refractivity contribution in [3.05, 3.63) is 42.5 Å². The minimum atomic E-state index is -0.0470. The fraction of sp³-hybridized carbons (Fsp3) is 0.474. The van der Waals surface area contributed by atoms with Crippen LogP contribution in [-0.4, -0.2) is 65.5 Å². The van der Waals surface area contributed by atoms with Crippen LogP contribution in [0, 0.1) is 0 Å². The van der Waals surface area contributed by atoms with E-state index in [4.69, 9.17) is 0 Å². The molecular weight excluding hydrogens is 328 g/mol. The van der Waals surface area contributed by atoms with Crippen LogP contribution >= 0.6 is 0 Å². The van der Waals surface area contributed by atoms with Crippen LogP contribution in [0.4, 0.5) is 11.6 Å². The maximum Gasteiger partial charge on any atom is 0.272 e. The van der Waals surface area contributed by atoms with E-state index in [1.807, 2.05) is 31.4 Å². The van der Waals surface area contributed by atoms with Crippen LogP contribution in [0.25, 0.3) is 0 Å². The van der Waals surface area contributed by atoms with Gasteiger partial charge in [-0.15, -0.1) is 0 Å². The third kappa shape index (κ3) is 4.28. The fourth-order valence-corrected chi connectivity index (χ4v) is 3.03. The van der Waals surface area contributed by atoms with Gasteiger partial charge in [-0.3, -0.25) is 4.79 Å². The molecule has 7 nitrogen and oxygen atoms in total. The van der Waals surface area contributed by atoms with Gasteiger partial charge in [-0.1, -0.05) is 19.4 Å². The van der Waals surface area contributed by atoms with Crippen molar-refractivity contribution in [2.45, 2.75) is 19.8 Å². The summed E-state index contributed by atoms with van der Waals surface area (Å²) in [6.45, 7) is 6.30. The molecule has 0 spiro atoms. The smallest absolute Gasteiger partial charge is 0.272 e. The number of carbonyl (C=O) groups excluding carboxylic acids is 1. The molecule has 0 saturated carbocycles. The average Bonchev–Trinajstić information content (AvgIpc) is 2.72. The van der Waals surface area contributed by atoms with Crippen molar-refractivity contribution in [1.29, 1.82) is 0 Å². The predicted molar refractivity (Wildman–Crippen MR) is 103 cm³/mol. The van der Waals surface area contributed by atoms with Gasteiger partial charge in [0.1, 0.15) is 23.7 Å². The van der Waals surface area contributed by atoms with Crippen LogP contribution in [-0.2, 0) is 0 Å². The summed E-state index contributed by atoms with van der Waals surface area (Å²) >= 11 is 0. The van der Waals surface area contributed by atoms with Crippen molar-refractivity contribution in [2.75, 3.05) is 49.6 Å². The highest BCUT2D eigenvalue weighted by Gasteiger charge is 2.21. The lowest BCUT2D eigenvalue weighted by molar-refractivity contribution is 0.0787. The number of rotatable bonds is 6. The minimum Gasteiger partial charge on any atom is -0.353 e. The van der Waals surface area contributed by atoms with Crippen LogP contribution in [0.3, 0.4) is 0 Å². The van der Waals surface area contributed by atoms with Gasteiger partial charge in [-0.2, -0.15) is 0 Å². The van der Waals surface area contributed by atoms with Crippen molar-refractivity contribution in [3.8, 4) is 0 Å². The average molecular weight is 354 g/mol. The molecule has 1 aliphatic rings. The summed E-state index contributed by atoms with van der Waals surface area (Å²) in [4.78, 5) is 31.7. The predicted octanol–water partition coefficient (Wildman–Crippen LogP) is 2.07. The Morgan fingerprint density at radius 2 is 1.81 bits per heavy atom. The molecule has 3 rings (SSSR count). The van der Waals surface area contributed by atoms with Crippen molar-refractivity contribution in [1.82, 2.24) is 19.9 Å². The largest absolute Gasteiger partial charge is 0.353 e. The van der Waals surface area contributed by atoms with Crippen molar-refractivity contribution in [2.24, 2.45) is 0 Å². The molecule has 3 heterocycles. The lowest BCUT2D eigenvalue weighted by Crippen LogP contribution is -2.47. The molecule has 0 aliphatic carbocycles. The van der Waals surface area contributed by atoms with Crippen molar-refractivity contribution >= 4 is 17.5 Å². The quantitative estimate of drug-likeness (QED) is 0.791. The topological polar surface area (TPSA) is 65.5 Å². The third-order valence-corrected chi connectivity index (χ3v) is 4.64. The Morgan fingerprint density at radius 3 is 2.46 bits per heavy atom. The van der Waals surface area contributed by atoms with E-state index < -0.39 is 0 Å². The SMILES string of the molecule is CCCCN(C)C(=O)c1cc(N2CCN(c3ccccn3)CC2)ncn1. The molecule has 0 aromatic carbocycles. The lowest BCUT2D eigenvalue weighted by Gasteiger charge is -2.36. The van der Waals surface area contributed by atoms with Gasteiger partial charge in [-0.05, 0) is 18.6 Å². The number of unbranched alkanes of at least 4 members (excludes halogenated alkanes) is 1. The Hall–Kier alpha value is -2.70. The van der Waals surface area contributed by atoms with Gasteiger partial charge in [0.05, 0.1) is 0 Å². The molecule has 2 aromatic heterocycles. The Labute approximate surface area is 154 Å². The Morgan fingerprint density at radius 1 is 1.08 bits per heavy atom. The normalized spacial score (nSPS) is 14.4. The van der Waals surface area contributed by atoms with Crippen LogP contribution in [0.5, 0.6) is 0 Å². The number of hydrogen-bond donors (Lipinski definition) is 0. The number of carbonyl (C=O) groups is 1. The van der Waals surface area contributed by atoms with Crippen LogP contribution in [0.2, 0.25) is 0 Å². The van der Waals surface area contributed by atoms with Crippen LogP contribution < -0.4 is 9.80 Å². The van der Waals surface area contributed by atoms with Gasteiger partial charge in [0, 0.05) is 52.0 Å². The molecule has 1 amide bonds. The standard InChI is InChI=1S/C19H26N6O/c1-3-4-9-23(2)19(26)16-14-18(22-15-21-16)25-12-10-24(11-13-25)17-7-5-6-8-20-17/h5-8,14-15H,3-4,9-13H2,1-2H3. The second-order valence-electron chi connectivity index (χ2n) is 6.50. The van der Waals surface area contributed by atoms with Crippen molar-refractivity contribution in [3.63, 3.8) is 0 Å². The van der Waals surface area contributed by atoms with Gasteiger partial charge in [0.15, 0.2) is 0 Å². The van der Waals surface area contributed by atoms with E-state index in [1.54, 1.807) is 11.0 Å². The first-order valence-electron chi connectivity index (χ1n) is 9.17. The Bertz CT molecular complexity index is 715. The third-order valence-electron chi connectivity index (χ3n) is 4.64. The molecule has 0 N–H and O–H groups in total. The number of nitrogens with zero attached hydrogens (tertiary/aromatic N) is 6. The molecule has 0 unspecified atom stereocenters. The highest BCUT2D eigenvalue weighted by atomic mass is 16.2. The van der Waals surface area contributed by atoms with E-state index >= 15 is 0 Å². The summed E-state index contributed by atoms with van der Waals surface area (Å²) in [6.07, 6.45) is 5.36. The zero-order valence-corrected chi connectivity index (χ0v) is 15.5. The van der Waals surface area contributed by atoms with Gasteiger partial charge in [-0.25, -0.2) is 15.0 Å². The summed E-state index contributed by atoms with van der Waals surface area (Å²) in [5.74, 6) is 1.77. The van der Waals surface area contributed by atoms with Gasteiger partial charge in [0.25, 0.3) is 5.91 Å². The van der Waals surface area contributed by atoms with E-state index in [0.29, 0.717) is 5.69 Å². The summed E-state index contributed by atoms with van der Waals surface area (Å²) in [7, 11) is 1.82. The number of aromatic nitrogens is 3. The molecule has 2 aromatic rings. The van der Waals surface area contributed by atoms with Gasteiger partial charge < -0.3 is 14.7 Å². The number of piperazine rings is 1. The summed E-state index contributed by atoms with van der Waals surface area (Å²) in [6, 6.07) is 7.77. The number of pyridine rings is 1. The highest BCUT2D eigenvalue weighted by molar-refractivity contribution is 5.92. The number of amides is 1. The lowest BCUT2D eigenvalue weighted by atomic mass is 10.2. The van der Waals surface area contributed by atoms with E-state index in [1.165, 1.54) is 6.33 Å². The molecule has 138 valence electrons. The highest BCUT2D eigenvalue weighted by Crippen LogP contribution is 2.18. The zero-order chi connectivity index (χ0) is 18.4. The zero-order valence-electron chi connectivity index (χ0n) is 15.5. The van der Waals surface area contributed by atoms with Gasteiger partial charge >= 0.3 is 0 Å². The second kappa shape index (κ2) is 8.60. The molecule has 7 heteroatoms. The van der Waals surface area contributed by atoms with E-state index in [2.05, 4.69) is 31.7 Å². The molecule has 26 heavy (non-hydrogen) atoms. The molecular formula is C19H26N6O. The maximum atomic E-state index is 12.5. The minimum absolute atomic E-state index is 0.0470. The van der Waals surface area contributed by atoms with Gasteiger partial charge in [0.2, 0.25) is 0 Å². The maximum absolute atomic E-state index is 12.5. The first kappa shape index (κ1) is 18.1. The molecule has 0 radical (unpaired) electrons.